The van der Waals surface area contributed by atoms with Gasteiger partial charge < -0.3 is 15.0 Å². The maximum absolute atomic E-state index is 13.9. The van der Waals surface area contributed by atoms with Gasteiger partial charge in [-0.05, 0) is 79.6 Å². The number of halogens is 2. The first-order chi connectivity index (χ1) is 18.6. The highest BCUT2D eigenvalue weighted by Crippen LogP contribution is 2.27. The van der Waals surface area contributed by atoms with E-state index in [9.17, 15) is 18.0 Å². The minimum absolute atomic E-state index is 0.0222. The van der Waals surface area contributed by atoms with Crippen molar-refractivity contribution in [1.82, 2.24) is 10.2 Å². The van der Waals surface area contributed by atoms with Crippen LogP contribution in [0.25, 0.3) is 0 Å². The van der Waals surface area contributed by atoms with E-state index in [-0.39, 0.29) is 23.0 Å². The maximum Gasteiger partial charge on any atom is 0.264 e. The van der Waals surface area contributed by atoms with Gasteiger partial charge in [0.05, 0.1) is 17.7 Å². The van der Waals surface area contributed by atoms with Gasteiger partial charge in [-0.15, -0.1) is 0 Å². The molecule has 0 bridgehead atoms. The summed E-state index contributed by atoms with van der Waals surface area (Å²) in [5, 5.41) is 3.72. The van der Waals surface area contributed by atoms with E-state index in [2.05, 4.69) is 5.32 Å². The molecule has 208 valence electrons. The summed E-state index contributed by atoms with van der Waals surface area (Å²) in [4.78, 5) is 28.3. The van der Waals surface area contributed by atoms with Gasteiger partial charge in [0.1, 0.15) is 18.3 Å². The van der Waals surface area contributed by atoms with E-state index in [0.29, 0.717) is 28.8 Å². The zero-order valence-electron chi connectivity index (χ0n) is 21.9. The molecule has 39 heavy (non-hydrogen) atoms. The molecule has 1 atom stereocenters. The van der Waals surface area contributed by atoms with Crippen LogP contribution in [0.2, 0.25) is 10.0 Å². The van der Waals surface area contributed by atoms with Gasteiger partial charge in [-0.3, -0.25) is 13.9 Å². The quantitative estimate of drug-likeness (QED) is 0.314. The number of methoxy groups -OCH3 is 1. The standard InChI is InChI=1S/C28H31Cl2N3O5S/c1-4-26(28(35)31-5-2)32(18-20-6-8-21(29)9-7-20)27(34)19-33(23-12-10-22(30)11-13-23)39(36,37)25-16-14-24(38-3)15-17-25/h6-17,26H,4-5,18-19H2,1-3H3,(H,31,35). The number of carbonyl (C=O) groups excluding carboxylic acids is 2. The molecule has 0 fully saturated rings. The van der Waals surface area contributed by atoms with Crippen molar-refractivity contribution in [2.24, 2.45) is 0 Å². The molecule has 11 heteroatoms. The number of hydrogen-bond donors (Lipinski definition) is 1. The average molecular weight is 593 g/mol. The second kappa shape index (κ2) is 13.7. The lowest BCUT2D eigenvalue weighted by atomic mass is 10.1. The van der Waals surface area contributed by atoms with E-state index >= 15 is 0 Å². The molecule has 2 amide bonds. The van der Waals surface area contributed by atoms with Gasteiger partial charge in [-0.25, -0.2) is 8.42 Å². The minimum Gasteiger partial charge on any atom is -0.497 e. The van der Waals surface area contributed by atoms with Crippen LogP contribution in [0, 0.1) is 0 Å². The van der Waals surface area contributed by atoms with E-state index in [0.717, 1.165) is 9.87 Å². The summed E-state index contributed by atoms with van der Waals surface area (Å²) in [5.74, 6) is -0.376. The number of benzene rings is 3. The molecular formula is C28H31Cl2N3O5S. The van der Waals surface area contributed by atoms with Crippen LogP contribution < -0.4 is 14.4 Å². The van der Waals surface area contributed by atoms with E-state index in [1.54, 1.807) is 50.2 Å². The Morgan fingerprint density at radius 1 is 0.897 bits per heavy atom. The average Bonchev–Trinajstić information content (AvgIpc) is 2.93. The van der Waals surface area contributed by atoms with Crippen LogP contribution in [0.1, 0.15) is 25.8 Å². The Labute approximate surface area is 239 Å². The molecule has 3 aromatic rings. The number of carbonyl (C=O) groups is 2. The second-order valence-electron chi connectivity index (χ2n) is 8.63. The third-order valence-electron chi connectivity index (χ3n) is 6.04. The molecule has 0 aliphatic heterocycles. The Morgan fingerprint density at radius 2 is 1.46 bits per heavy atom. The molecule has 8 nitrogen and oxygen atoms in total. The highest BCUT2D eigenvalue weighted by Gasteiger charge is 2.33. The normalized spacial score (nSPS) is 11.9. The molecule has 0 spiro atoms. The zero-order valence-corrected chi connectivity index (χ0v) is 24.3. The molecule has 0 saturated heterocycles. The van der Waals surface area contributed by atoms with E-state index in [4.69, 9.17) is 27.9 Å². The molecule has 0 heterocycles. The first-order valence-corrected chi connectivity index (χ1v) is 14.5. The third-order valence-corrected chi connectivity index (χ3v) is 8.34. The summed E-state index contributed by atoms with van der Waals surface area (Å²) in [6, 6.07) is 18.1. The lowest BCUT2D eigenvalue weighted by Crippen LogP contribution is -2.52. The van der Waals surface area contributed by atoms with Crippen molar-refractivity contribution in [2.45, 2.75) is 37.8 Å². The molecule has 0 saturated carbocycles. The monoisotopic (exact) mass is 591 g/mol. The second-order valence-corrected chi connectivity index (χ2v) is 11.4. The van der Waals surface area contributed by atoms with Crippen molar-refractivity contribution < 1.29 is 22.7 Å². The molecule has 0 radical (unpaired) electrons. The van der Waals surface area contributed by atoms with E-state index < -0.39 is 28.5 Å². The number of nitrogens with zero attached hydrogens (tertiary/aromatic N) is 2. The molecule has 1 N–H and O–H groups in total. The van der Waals surface area contributed by atoms with Crippen molar-refractivity contribution in [3.63, 3.8) is 0 Å². The lowest BCUT2D eigenvalue weighted by Gasteiger charge is -2.33. The van der Waals surface area contributed by atoms with Gasteiger partial charge in [0, 0.05) is 23.1 Å². The summed E-state index contributed by atoms with van der Waals surface area (Å²) >= 11 is 12.1. The van der Waals surface area contributed by atoms with Crippen molar-refractivity contribution in [3.05, 3.63) is 88.4 Å². The number of sulfonamides is 1. The minimum atomic E-state index is -4.19. The molecule has 1 unspecified atom stereocenters. The van der Waals surface area contributed by atoms with Gasteiger partial charge >= 0.3 is 0 Å². The van der Waals surface area contributed by atoms with Crippen LogP contribution in [-0.2, 0) is 26.2 Å². The zero-order chi connectivity index (χ0) is 28.6. The predicted octanol–water partition coefficient (Wildman–Crippen LogP) is 5.14. The van der Waals surface area contributed by atoms with Gasteiger partial charge in [0.25, 0.3) is 10.0 Å². The number of rotatable bonds is 12. The Kier molecular flexibility index (Phi) is 10.6. The number of anilines is 1. The number of amides is 2. The first kappa shape index (κ1) is 30.3. The molecule has 0 aliphatic carbocycles. The molecular weight excluding hydrogens is 561 g/mol. The summed E-state index contributed by atoms with van der Waals surface area (Å²) < 4.78 is 33.8. The topological polar surface area (TPSA) is 96.0 Å². The summed E-state index contributed by atoms with van der Waals surface area (Å²) in [6.07, 6.45) is 0.331. The van der Waals surface area contributed by atoms with Crippen molar-refractivity contribution >= 4 is 50.7 Å². The fourth-order valence-electron chi connectivity index (χ4n) is 4.01. The Morgan fingerprint density at radius 3 is 1.97 bits per heavy atom. The fourth-order valence-corrected chi connectivity index (χ4v) is 5.68. The Hall–Kier alpha value is -3.27. The summed E-state index contributed by atoms with van der Waals surface area (Å²) in [7, 11) is -2.71. The van der Waals surface area contributed by atoms with Crippen molar-refractivity contribution in [3.8, 4) is 5.75 Å². The van der Waals surface area contributed by atoms with Crippen LogP contribution in [0.5, 0.6) is 5.75 Å². The summed E-state index contributed by atoms with van der Waals surface area (Å²) in [5.41, 5.74) is 0.993. The molecule has 0 aromatic heterocycles. The highest BCUT2D eigenvalue weighted by atomic mass is 35.5. The first-order valence-electron chi connectivity index (χ1n) is 12.3. The van der Waals surface area contributed by atoms with Gasteiger partial charge in [-0.2, -0.15) is 0 Å². The lowest BCUT2D eigenvalue weighted by molar-refractivity contribution is -0.140. The largest absolute Gasteiger partial charge is 0.497 e. The number of hydrogen-bond acceptors (Lipinski definition) is 5. The Bertz CT molecular complexity index is 1370. The molecule has 3 aromatic carbocycles. The van der Waals surface area contributed by atoms with Crippen LogP contribution >= 0.6 is 23.2 Å². The maximum atomic E-state index is 13.9. The predicted molar refractivity (Wildman–Crippen MR) is 154 cm³/mol. The van der Waals surface area contributed by atoms with Crippen LogP contribution in [-0.4, -0.2) is 51.4 Å². The number of likely N-dealkylation sites (N-methyl/N-ethyl adjacent to an activating group) is 1. The molecule has 0 aliphatic rings. The van der Waals surface area contributed by atoms with E-state index in [1.165, 1.54) is 48.4 Å². The number of ether oxygens (including phenoxy) is 1. The fraction of sp³-hybridized carbons (Fsp3) is 0.286. The smallest absolute Gasteiger partial charge is 0.264 e. The molecule has 3 rings (SSSR count). The van der Waals surface area contributed by atoms with Crippen molar-refractivity contribution in [1.29, 1.82) is 0 Å². The van der Waals surface area contributed by atoms with Gasteiger partial charge in [0.2, 0.25) is 11.8 Å². The highest BCUT2D eigenvalue weighted by molar-refractivity contribution is 7.92. The third kappa shape index (κ3) is 7.65. The Balaban J connectivity index is 2.04. The van der Waals surface area contributed by atoms with Crippen LogP contribution in [0.3, 0.4) is 0 Å². The summed E-state index contributed by atoms with van der Waals surface area (Å²) in [6.45, 7) is 3.52. The van der Waals surface area contributed by atoms with Gasteiger partial charge in [-0.1, -0.05) is 42.3 Å². The number of nitrogens with one attached hydrogen (secondary N) is 1. The van der Waals surface area contributed by atoms with Gasteiger partial charge in [0.15, 0.2) is 0 Å². The van der Waals surface area contributed by atoms with Crippen molar-refractivity contribution in [2.75, 3.05) is 24.5 Å². The van der Waals surface area contributed by atoms with E-state index in [1.807, 2.05) is 0 Å². The van der Waals surface area contributed by atoms with Crippen LogP contribution in [0.4, 0.5) is 5.69 Å². The van der Waals surface area contributed by atoms with Crippen LogP contribution in [0.15, 0.2) is 77.7 Å². The SMILES string of the molecule is CCNC(=O)C(CC)N(Cc1ccc(Cl)cc1)C(=O)CN(c1ccc(Cl)cc1)S(=O)(=O)c1ccc(OC)cc1.